The molecule has 16 heteroatoms. The number of sulfonamides is 1. The monoisotopic (exact) mass is 916 g/mol. The van der Waals surface area contributed by atoms with Gasteiger partial charge in [0.2, 0.25) is 21.8 Å². The molecular weight excluding hydrogens is 849 g/mol. The average Bonchev–Trinajstić information content (AvgIpc) is 4.16. The van der Waals surface area contributed by atoms with Crippen molar-refractivity contribution in [3.63, 3.8) is 0 Å². The maximum absolute atomic E-state index is 15.1. The minimum atomic E-state index is -3.98. The third-order valence-electron chi connectivity index (χ3n) is 16.3. The quantitative estimate of drug-likeness (QED) is 0.198. The Labute approximate surface area is 383 Å². The Bertz CT molecular complexity index is 2290. The average molecular weight is 917 g/mol. The van der Waals surface area contributed by atoms with Gasteiger partial charge in [0.05, 0.1) is 54.6 Å². The van der Waals surface area contributed by atoms with Crippen molar-refractivity contribution in [3.8, 4) is 11.5 Å². The molecule has 6 fully saturated rings. The number of nitrogens with one attached hydrogen (secondary N) is 3. The lowest BCUT2D eigenvalue weighted by Crippen LogP contribution is -2.70. The van der Waals surface area contributed by atoms with Gasteiger partial charge in [-0.3, -0.25) is 29.3 Å². The van der Waals surface area contributed by atoms with Crippen LogP contribution in [0.5, 0.6) is 11.5 Å². The van der Waals surface area contributed by atoms with Gasteiger partial charge < -0.3 is 29.2 Å². The molecule has 15 nitrogen and oxygen atoms in total. The van der Waals surface area contributed by atoms with Gasteiger partial charge in [0.25, 0.3) is 5.91 Å². The number of pyridine rings is 1. The van der Waals surface area contributed by atoms with Gasteiger partial charge in [0, 0.05) is 42.9 Å². The number of fused-ring (bicyclic) bond motifs is 6. The fraction of sp³-hybridized carbons (Fsp3) is 0.714. The number of aromatic nitrogens is 1. The van der Waals surface area contributed by atoms with Crippen LogP contribution in [0.4, 0.5) is 0 Å². The third-order valence-corrected chi connectivity index (χ3v) is 18.4. The number of morpholine rings is 1. The van der Waals surface area contributed by atoms with E-state index in [0.29, 0.717) is 57.3 Å². The van der Waals surface area contributed by atoms with Crippen LogP contribution in [0.2, 0.25) is 0 Å². The summed E-state index contributed by atoms with van der Waals surface area (Å²) >= 11 is 0. The molecule has 4 saturated carbocycles. The molecule has 10 rings (SSSR count). The molecule has 0 radical (unpaired) electrons. The Morgan fingerprint density at radius 2 is 1.85 bits per heavy atom. The molecule has 65 heavy (non-hydrogen) atoms. The largest absolute Gasteiger partial charge is 0.492 e. The Morgan fingerprint density at radius 3 is 2.60 bits per heavy atom. The fourth-order valence-electron chi connectivity index (χ4n) is 11.5. The van der Waals surface area contributed by atoms with E-state index in [0.717, 1.165) is 111 Å². The number of aryl methyl sites for hydroxylation is 2. The number of nitrogens with zero attached hydrogens (tertiary/aromatic N) is 3. The van der Waals surface area contributed by atoms with Crippen LogP contribution in [0.3, 0.4) is 0 Å². The lowest BCUT2D eigenvalue weighted by molar-refractivity contribution is -0.145. The predicted octanol–water partition coefficient (Wildman–Crippen LogP) is 4.69. The van der Waals surface area contributed by atoms with E-state index in [4.69, 9.17) is 23.9 Å². The number of benzene rings is 1. The minimum Gasteiger partial charge on any atom is -0.492 e. The predicted molar refractivity (Wildman–Crippen MR) is 244 cm³/mol. The Balaban J connectivity index is 0.941. The number of allylic oxidation sites excluding steroid dienone is 1. The summed E-state index contributed by atoms with van der Waals surface area (Å²) in [7, 11) is -3.98. The maximum atomic E-state index is 15.1. The van der Waals surface area contributed by atoms with Crippen LogP contribution in [0.25, 0.3) is 10.9 Å². The molecule has 1 aromatic heterocycles. The van der Waals surface area contributed by atoms with Crippen molar-refractivity contribution in [3.05, 3.63) is 41.6 Å². The van der Waals surface area contributed by atoms with Crippen molar-refractivity contribution < 1.29 is 41.7 Å². The number of rotatable bonds is 12. The summed E-state index contributed by atoms with van der Waals surface area (Å²) in [5.74, 6) is 1.23. The molecule has 3 N–H and O–H groups in total. The first-order chi connectivity index (χ1) is 31.4. The summed E-state index contributed by atoms with van der Waals surface area (Å²) in [6.07, 6.45) is 15.5. The summed E-state index contributed by atoms with van der Waals surface area (Å²) < 4.78 is 53.6. The van der Waals surface area contributed by atoms with Crippen molar-refractivity contribution >= 4 is 38.6 Å². The molecule has 7 atom stereocenters. The molecule has 7 unspecified atom stereocenters. The molecule has 3 amide bonds. The first-order valence-electron chi connectivity index (χ1n) is 24.7. The van der Waals surface area contributed by atoms with Gasteiger partial charge in [-0.1, -0.05) is 31.9 Å². The molecular formula is C49H68N6O9S. The Kier molecular flexibility index (Phi) is 12.5. The lowest BCUT2D eigenvalue weighted by atomic mass is 9.65. The highest BCUT2D eigenvalue weighted by molar-refractivity contribution is 7.91. The third kappa shape index (κ3) is 9.03. The molecule has 0 bridgehead atoms. The van der Waals surface area contributed by atoms with Gasteiger partial charge in [0.1, 0.15) is 35.3 Å². The minimum absolute atomic E-state index is 0.176. The standard InChI is InChI=1S/C49H68N6O9S/c1-3-39-43-37(38-28-35(11-12-40(38)51-39)62-24-21-54-19-22-61-23-20-54)14-15-48(64-43)29-42-44(56)52-49(46(58)53-65(59,60)47(2)17-18-47)16-13-34(49)9-7-5-4-6-8-10-41(45(57)55(42)30-48)50-31-63-36-26-32-25-33(32)27-36/h7,9,11-12,28,32-34,36,41-42,50H,3-6,8,10,13-27,29-31H2,1-2H3,(H,52,56)(H,53,58). The summed E-state index contributed by atoms with van der Waals surface area (Å²) in [6, 6.07) is 4.47. The molecule has 5 heterocycles. The van der Waals surface area contributed by atoms with Gasteiger partial charge in [-0.05, 0) is 120 Å². The fourth-order valence-corrected chi connectivity index (χ4v) is 12.8. The summed E-state index contributed by atoms with van der Waals surface area (Å²) in [6.45, 7) is 8.77. The van der Waals surface area contributed by atoms with Crippen LogP contribution in [0.15, 0.2) is 30.4 Å². The summed E-state index contributed by atoms with van der Waals surface area (Å²) in [5, 5.41) is 7.56. The molecule has 1 spiro atoms. The van der Waals surface area contributed by atoms with Gasteiger partial charge in [-0.15, -0.1) is 0 Å². The SMILES string of the molecule is CCc1nc2ccc(OCCN3CCOCC3)cc2c2c1OC1(CC2)CC2C(=O)NC3(C(=O)NS(=O)(=O)C4(C)CC4)CCC3C=CCCCCCC(NCOC3CC4CC4C3)C(=O)N2C1. The number of carbonyl (C=O) groups is 3. The zero-order chi connectivity index (χ0) is 45.0. The Hall–Kier alpha value is -3.83. The van der Waals surface area contributed by atoms with Crippen molar-refractivity contribution in [2.24, 2.45) is 17.8 Å². The van der Waals surface area contributed by atoms with E-state index in [1.54, 1.807) is 11.8 Å². The van der Waals surface area contributed by atoms with Crippen LogP contribution in [0, 0.1) is 17.8 Å². The highest BCUT2D eigenvalue weighted by atomic mass is 32.2. The highest BCUT2D eigenvalue weighted by Gasteiger charge is 2.60. The van der Waals surface area contributed by atoms with Gasteiger partial charge >= 0.3 is 0 Å². The second-order valence-corrected chi connectivity index (χ2v) is 22.8. The van der Waals surface area contributed by atoms with E-state index in [2.05, 4.69) is 39.3 Å². The van der Waals surface area contributed by atoms with Crippen LogP contribution >= 0.6 is 0 Å². The van der Waals surface area contributed by atoms with Crippen LogP contribution < -0.4 is 24.8 Å². The van der Waals surface area contributed by atoms with Crippen molar-refractivity contribution in [1.29, 1.82) is 0 Å². The number of hydrogen-bond donors (Lipinski definition) is 3. The topological polar surface area (TPSA) is 178 Å². The van der Waals surface area contributed by atoms with Gasteiger partial charge in [-0.25, -0.2) is 13.4 Å². The van der Waals surface area contributed by atoms with Crippen molar-refractivity contribution in [2.75, 3.05) is 52.7 Å². The number of carbonyl (C=O) groups excluding carboxylic acids is 3. The van der Waals surface area contributed by atoms with Crippen LogP contribution in [-0.2, 0) is 46.7 Å². The van der Waals surface area contributed by atoms with Crippen molar-refractivity contribution in [1.82, 2.24) is 30.1 Å². The molecule has 4 aliphatic carbocycles. The van der Waals surface area contributed by atoms with E-state index >= 15 is 9.59 Å². The smallest absolute Gasteiger partial charge is 0.259 e. The number of amides is 3. The van der Waals surface area contributed by atoms with Crippen molar-refractivity contribution in [2.45, 2.75) is 151 Å². The van der Waals surface area contributed by atoms with E-state index in [-0.39, 0.29) is 38.1 Å². The first-order valence-corrected chi connectivity index (χ1v) is 26.1. The number of ether oxygens (including phenoxy) is 4. The zero-order valence-corrected chi connectivity index (χ0v) is 39.1. The van der Waals surface area contributed by atoms with E-state index in [9.17, 15) is 13.2 Å². The normalized spacial score (nSPS) is 33.4. The molecule has 4 aliphatic heterocycles. The van der Waals surface area contributed by atoms with E-state index < -0.39 is 55.7 Å². The highest BCUT2D eigenvalue weighted by Crippen LogP contribution is 2.53. The van der Waals surface area contributed by atoms with E-state index in [1.807, 2.05) is 18.2 Å². The second-order valence-electron chi connectivity index (χ2n) is 20.6. The van der Waals surface area contributed by atoms with Crippen LogP contribution in [0.1, 0.15) is 115 Å². The van der Waals surface area contributed by atoms with Crippen LogP contribution in [-0.4, -0.2) is 128 Å². The maximum Gasteiger partial charge on any atom is 0.259 e. The Morgan fingerprint density at radius 1 is 1.03 bits per heavy atom. The summed E-state index contributed by atoms with van der Waals surface area (Å²) in [4.78, 5) is 53.7. The summed E-state index contributed by atoms with van der Waals surface area (Å²) in [5.41, 5.74) is 0.337. The lowest BCUT2D eigenvalue weighted by Gasteiger charge is -2.48. The van der Waals surface area contributed by atoms with Gasteiger partial charge in [0.15, 0.2) is 0 Å². The second kappa shape index (κ2) is 18.0. The van der Waals surface area contributed by atoms with E-state index in [1.165, 1.54) is 6.42 Å². The zero-order valence-electron chi connectivity index (χ0n) is 38.2. The molecule has 2 saturated heterocycles. The van der Waals surface area contributed by atoms with Gasteiger partial charge in [-0.2, -0.15) is 0 Å². The molecule has 354 valence electrons. The molecule has 1 aromatic carbocycles. The first kappa shape index (κ1) is 45.0. The molecule has 2 aromatic rings. The molecule has 8 aliphatic rings. The number of hydrogen-bond acceptors (Lipinski definition) is 12.